The largest absolute Gasteiger partial charge is 0.492 e. The van der Waals surface area contributed by atoms with Crippen molar-refractivity contribution in [1.82, 2.24) is 5.32 Å². The van der Waals surface area contributed by atoms with E-state index in [1.807, 2.05) is 32.0 Å². The topological polar surface area (TPSA) is 64.3 Å². The van der Waals surface area contributed by atoms with E-state index in [-0.39, 0.29) is 11.8 Å². The molecule has 0 aliphatic heterocycles. The number of nitrogens with one attached hydrogen (secondary N) is 1. The van der Waals surface area contributed by atoms with Gasteiger partial charge in [0.25, 0.3) is 0 Å². The molecule has 0 amide bonds. The number of ether oxygens (including phenoxy) is 1. The molecule has 2 rings (SSSR count). The lowest BCUT2D eigenvalue weighted by molar-refractivity contribution is 0.0951. The Kier molecular flexibility index (Phi) is 6.18. The molecule has 0 aliphatic rings. The molecule has 0 heterocycles. The van der Waals surface area contributed by atoms with Gasteiger partial charge in [-0.2, -0.15) is 0 Å². The zero-order chi connectivity index (χ0) is 16.7. The smallest absolute Gasteiger partial charge is 0.179 e. The molecule has 1 atom stereocenters. The van der Waals surface area contributed by atoms with Crippen LogP contribution in [0.3, 0.4) is 0 Å². The van der Waals surface area contributed by atoms with Crippen LogP contribution in [-0.4, -0.2) is 25.0 Å². The van der Waals surface area contributed by atoms with E-state index >= 15 is 0 Å². The summed E-state index contributed by atoms with van der Waals surface area (Å²) in [6.07, 6.45) is 0.893. The summed E-state index contributed by atoms with van der Waals surface area (Å²) in [5.74, 6) is 0.654. The average Bonchev–Trinajstić information content (AvgIpc) is 2.57. The Labute approximate surface area is 137 Å². The van der Waals surface area contributed by atoms with Gasteiger partial charge in [0, 0.05) is 5.56 Å². The molecule has 3 N–H and O–H groups in total. The van der Waals surface area contributed by atoms with Crippen LogP contribution in [0.4, 0.5) is 5.69 Å². The van der Waals surface area contributed by atoms with Crippen molar-refractivity contribution < 1.29 is 9.53 Å². The minimum absolute atomic E-state index is 0.0350. The molecule has 0 aliphatic carbocycles. The Morgan fingerprint density at radius 2 is 1.96 bits per heavy atom. The van der Waals surface area contributed by atoms with Gasteiger partial charge >= 0.3 is 0 Å². The second kappa shape index (κ2) is 8.34. The van der Waals surface area contributed by atoms with Gasteiger partial charge in [-0.3, -0.25) is 4.79 Å². The lowest BCUT2D eigenvalue weighted by Gasteiger charge is -2.14. The Hall–Kier alpha value is -2.33. The maximum atomic E-state index is 12.4. The fourth-order valence-electron chi connectivity index (χ4n) is 2.41. The molecule has 0 saturated heterocycles. The van der Waals surface area contributed by atoms with E-state index in [1.165, 1.54) is 5.56 Å². The van der Waals surface area contributed by atoms with Gasteiger partial charge in [0.2, 0.25) is 0 Å². The van der Waals surface area contributed by atoms with Crippen LogP contribution in [0.1, 0.15) is 29.8 Å². The van der Waals surface area contributed by atoms with Gasteiger partial charge in [-0.15, -0.1) is 0 Å². The first-order chi connectivity index (χ1) is 11.1. The summed E-state index contributed by atoms with van der Waals surface area (Å²) in [7, 11) is 0. The van der Waals surface area contributed by atoms with Crippen molar-refractivity contribution in [3.8, 4) is 5.75 Å². The molecule has 4 nitrogen and oxygen atoms in total. The molecule has 23 heavy (non-hydrogen) atoms. The Morgan fingerprint density at radius 1 is 1.22 bits per heavy atom. The summed E-state index contributed by atoms with van der Waals surface area (Å²) in [5.41, 5.74) is 8.28. The van der Waals surface area contributed by atoms with Crippen LogP contribution in [0.2, 0.25) is 0 Å². The quantitative estimate of drug-likeness (QED) is 0.581. The van der Waals surface area contributed by atoms with Crippen LogP contribution < -0.4 is 15.8 Å². The number of rotatable bonds is 8. The number of benzene rings is 2. The van der Waals surface area contributed by atoms with E-state index in [0.717, 1.165) is 13.0 Å². The van der Waals surface area contributed by atoms with E-state index in [2.05, 4.69) is 17.4 Å². The van der Waals surface area contributed by atoms with Gasteiger partial charge in [0.05, 0.1) is 18.3 Å². The molecule has 0 fully saturated rings. The fraction of sp³-hybridized carbons (Fsp3) is 0.316. The van der Waals surface area contributed by atoms with Crippen molar-refractivity contribution >= 4 is 11.5 Å². The zero-order valence-corrected chi connectivity index (χ0v) is 13.7. The number of ketones is 1. The van der Waals surface area contributed by atoms with Crippen molar-refractivity contribution in [2.75, 3.05) is 18.9 Å². The van der Waals surface area contributed by atoms with Crippen LogP contribution >= 0.6 is 0 Å². The monoisotopic (exact) mass is 312 g/mol. The zero-order valence-electron chi connectivity index (χ0n) is 13.7. The highest BCUT2D eigenvalue weighted by Crippen LogP contribution is 2.23. The number of nitrogens with two attached hydrogens (primary N) is 1. The lowest BCUT2D eigenvalue weighted by atomic mass is 10.0. The van der Waals surface area contributed by atoms with Crippen LogP contribution in [0, 0.1) is 0 Å². The predicted molar refractivity (Wildman–Crippen MR) is 94.0 cm³/mol. The predicted octanol–water partition coefficient (Wildman–Crippen LogP) is 3.07. The van der Waals surface area contributed by atoms with Crippen molar-refractivity contribution in [3.05, 3.63) is 59.7 Å². The van der Waals surface area contributed by atoms with E-state index in [0.29, 0.717) is 23.6 Å². The summed E-state index contributed by atoms with van der Waals surface area (Å²) in [5, 5.41) is 3.27. The van der Waals surface area contributed by atoms with E-state index in [9.17, 15) is 4.79 Å². The molecule has 0 saturated carbocycles. The number of Topliss-reactive ketones (excluding diaryl/α,β-unsaturated/α-hetero) is 1. The number of carbonyl (C=O) groups is 1. The van der Waals surface area contributed by atoms with Crippen LogP contribution in [0.25, 0.3) is 0 Å². The second-order valence-corrected chi connectivity index (χ2v) is 5.46. The number of anilines is 1. The highest BCUT2D eigenvalue weighted by Gasteiger charge is 2.15. The van der Waals surface area contributed by atoms with Crippen molar-refractivity contribution in [2.24, 2.45) is 0 Å². The lowest BCUT2D eigenvalue weighted by Crippen LogP contribution is -2.35. The average molecular weight is 312 g/mol. The first-order valence-corrected chi connectivity index (χ1v) is 7.95. The summed E-state index contributed by atoms with van der Waals surface area (Å²) in [6.45, 7) is 5.08. The van der Waals surface area contributed by atoms with E-state index < -0.39 is 0 Å². The SMILES string of the molecule is CCOc1ccc(C(=O)C(C)NCCc2ccccc2)cc1N. The summed E-state index contributed by atoms with van der Waals surface area (Å²) in [6, 6.07) is 15.2. The summed E-state index contributed by atoms with van der Waals surface area (Å²) in [4.78, 5) is 12.4. The third-order valence-corrected chi connectivity index (χ3v) is 3.69. The summed E-state index contributed by atoms with van der Waals surface area (Å²) >= 11 is 0. The van der Waals surface area contributed by atoms with Gasteiger partial charge in [0.1, 0.15) is 5.75 Å². The number of nitrogen functional groups attached to an aromatic ring is 1. The highest BCUT2D eigenvalue weighted by atomic mass is 16.5. The molecule has 0 aromatic heterocycles. The minimum atomic E-state index is -0.254. The standard InChI is InChI=1S/C19H24N2O2/c1-3-23-18-10-9-16(13-17(18)20)19(22)14(2)21-12-11-15-7-5-4-6-8-15/h4-10,13-14,21H,3,11-12,20H2,1-2H3. The number of hydrogen-bond acceptors (Lipinski definition) is 4. The Morgan fingerprint density at radius 3 is 2.61 bits per heavy atom. The minimum Gasteiger partial charge on any atom is -0.492 e. The normalized spacial score (nSPS) is 11.9. The first kappa shape index (κ1) is 17.0. The highest BCUT2D eigenvalue weighted by molar-refractivity contribution is 6.00. The molecule has 0 spiro atoms. The molecule has 4 heteroatoms. The van der Waals surface area contributed by atoms with Crippen LogP contribution in [0.5, 0.6) is 5.75 Å². The number of hydrogen-bond donors (Lipinski definition) is 2. The van der Waals surface area contributed by atoms with Crippen molar-refractivity contribution in [3.63, 3.8) is 0 Å². The Bertz CT molecular complexity index is 641. The third-order valence-electron chi connectivity index (χ3n) is 3.69. The van der Waals surface area contributed by atoms with Crippen LogP contribution in [-0.2, 0) is 6.42 Å². The van der Waals surface area contributed by atoms with Gasteiger partial charge in [-0.25, -0.2) is 0 Å². The van der Waals surface area contributed by atoms with Crippen molar-refractivity contribution in [1.29, 1.82) is 0 Å². The van der Waals surface area contributed by atoms with Crippen LogP contribution in [0.15, 0.2) is 48.5 Å². The third kappa shape index (κ3) is 4.83. The summed E-state index contributed by atoms with van der Waals surface area (Å²) < 4.78 is 5.39. The molecule has 0 bridgehead atoms. The Balaban J connectivity index is 1.90. The van der Waals surface area contributed by atoms with E-state index in [4.69, 9.17) is 10.5 Å². The molecule has 1 unspecified atom stereocenters. The van der Waals surface area contributed by atoms with Gasteiger partial charge in [0.15, 0.2) is 5.78 Å². The molecular weight excluding hydrogens is 288 g/mol. The first-order valence-electron chi connectivity index (χ1n) is 7.95. The number of carbonyl (C=O) groups excluding carboxylic acids is 1. The molecule has 2 aromatic carbocycles. The maximum absolute atomic E-state index is 12.4. The maximum Gasteiger partial charge on any atom is 0.179 e. The molecular formula is C19H24N2O2. The van der Waals surface area contributed by atoms with Gasteiger partial charge < -0.3 is 15.8 Å². The van der Waals surface area contributed by atoms with Crippen molar-refractivity contribution in [2.45, 2.75) is 26.3 Å². The molecule has 0 radical (unpaired) electrons. The van der Waals surface area contributed by atoms with E-state index in [1.54, 1.807) is 18.2 Å². The second-order valence-electron chi connectivity index (χ2n) is 5.46. The molecule has 122 valence electrons. The van der Waals surface area contributed by atoms with Gasteiger partial charge in [-0.05, 0) is 50.6 Å². The van der Waals surface area contributed by atoms with Gasteiger partial charge in [-0.1, -0.05) is 30.3 Å². The molecule has 2 aromatic rings. The fourth-order valence-corrected chi connectivity index (χ4v) is 2.41.